The number of nitrogens with zero attached hydrogens (tertiary/aromatic N) is 2. The minimum atomic E-state index is -0.0388. The predicted octanol–water partition coefficient (Wildman–Crippen LogP) is 2.81. The molecule has 109 valence electrons. The molecule has 1 radical (unpaired) electrons. The van der Waals surface area contributed by atoms with Crippen molar-refractivity contribution < 1.29 is 4.79 Å². The van der Waals surface area contributed by atoms with Gasteiger partial charge in [0.05, 0.1) is 5.69 Å². The van der Waals surface area contributed by atoms with Crippen LogP contribution in [0, 0.1) is 0 Å². The van der Waals surface area contributed by atoms with Crippen LogP contribution in [0.15, 0.2) is 54.6 Å². The molecule has 1 amide bonds. The van der Waals surface area contributed by atoms with E-state index in [-0.39, 0.29) is 5.91 Å². The van der Waals surface area contributed by atoms with E-state index in [2.05, 4.69) is 4.90 Å². The third-order valence-corrected chi connectivity index (χ3v) is 3.22. The summed E-state index contributed by atoms with van der Waals surface area (Å²) >= 11 is 0. The number of carbonyl (C=O) groups is 1. The summed E-state index contributed by atoms with van der Waals surface area (Å²) in [5, 5.41) is 0. The van der Waals surface area contributed by atoms with Crippen LogP contribution in [-0.2, 0) is 0 Å². The number of amides is 1. The van der Waals surface area contributed by atoms with Gasteiger partial charge in [-0.2, -0.15) is 0 Å². The molecule has 0 spiro atoms. The largest absolute Gasteiger partial charge is 0.308 e. The Hall–Kier alpha value is -2.33. The van der Waals surface area contributed by atoms with Crippen LogP contribution in [0.3, 0.4) is 0 Å². The third-order valence-electron chi connectivity index (χ3n) is 3.22. The minimum Gasteiger partial charge on any atom is -0.308 e. The van der Waals surface area contributed by atoms with E-state index in [1.54, 1.807) is 29.2 Å². The summed E-state index contributed by atoms with van der Waals surface area (Å²) in [4.78, 5) is 16.5. The molecule has 1 N–H and O–H groups in total. The molecule has 0 heterocycles. The maximum Gasteiger partial charge on any atom is 0.258 e. The predicted molar refractivity (Wildman–Crippen MR) is 85.9 cm³/mol. The first-order valence-corrected chi connectivity index (χ1v) is 6.91. The Bertz CT molecular complexity index is 579. The van der Waals surface area contributed by atoms with Crippen molar-refractivity contribution in [2.45, 2.75) is 0 Å². The van der Waals surface area contributed by atoms with E-state index in [4.69, 9.17) is 5.73 Å². The van der Waals surface area contributed by atoms with E-state index in [9.17, 15) is 4.79 Å². The quantitative estimate of drug-likeness (QED) is 0.846. The molecule has 0 unspecified atom stereocenters. The molecule has 0 fully saturated rings. The summed E-state index contributed by atoms with van der Waals surface area (Å²) in [6.07, 6.45) is 0. The van der Waals surface area contributed by atoms with Crippen LogP contribution in [0.2, 0.25) is 0 Å². The number of nitrogens with one attached hydrogen (secondary N) is 1. The highest BCUT2D eigenvalue weighted by Crippen LogP contribution is 2.17. The van der Waals surface area contributed by atoms with Gasteiger partial charge in [0.15, 0.2) is 0 Å². The van der Waals surface area contributed by atoms with Gasteiger partial charge >= 0.3 is 0 Å². The molecule has 0 atom stereocenters. The van der Waals surface area contributed by atoms with E-state index < -0.39 is 0 Å². The van der Waals surface area contributed by atoms with Gasteiger partial charge in [0, 0.05) is 24.3 Å². The fourth-order valence-corrected chi connectivity index (χ4v) is 2.02. The van der Waals surface area contributed by atoms with Crippen LogP contribution in [0.1, 0.15) is 10.4 Å². The SMILES string of the molecule is CN(C)CCN(C(=O)c1ccc([NH])cc1)c1ccccc1. The maximum absolute atomic E-state index is 12.7. The van der Waals surface area contributed by atoms with E-state index in [0.717, 1.165) is 12.2 Å². The number of hydrogen-bond acceptors (Lipinski definition) is 2. The molecule has 0 aliphatic carbocycles. The standard InChI is InChI=1S/C17H20N3O/c1-19(2)12-13-20(16-6-4-3-5-7-16)17(21)14-8-10-15(18)11-9-14/h3-11,18H,12-13H2,1-2H3. The Morgan fingerprint density at radius 1 is 0.952 bits per heavy atom. The molecular formula is C17H20N3O. The number of para-hydroxylation sites is 1. The topological polar surface area (TPSA) is 47.4 Å². The van der Waals surface area contributed by atoms with Gasteiger partial charge in [-0.3, -0.25) is 4.79 Å². The lowest BCUT2D eigenvalue weighted by Gasteiger charge is -2.24. The Morgan fingerprint density at radius 2 is 1.57 bits per heavy atom. The highest BCUT2D eigenvalue weighted by molar-refractivity contribution is 6.06. The zero-order valence-electron chi connectivity index (χ0n) is 12.4. The average molecular weight is 282 g/mol. The van der Waals surface area contributed by atoms with Gasteiger partial charge in [-0.15, -0.1) is 0 Å². The molecule has 0 aliphatic rings. The van der Waals surface area contributed by atoms with Crippen molar-refractivity contribution in [3.8, 4) is 0 Å². The molecule has 0 aromatic heterocycles. The highest BCUT2D eigenvalue weighted by atomic mass is 16.2. The van der Waals surface area contributed by atoms with Crippen LogP contribution in [0.25, 0.3) is 0 Å². The lowest BCUT2D eigenvalue weighted by Crippen LogP contribution is -2.36. The second-order valence-electron chi connectivity index (χ2n) is 5.17. The van der Waals surface area contributed by atoms with Gasteiger partial charge in [0.2, 0.25) is 0 Å². The molecule has 4 nitrogen and oxygen atoms in total. The van der Waals surface area contributed by atoms with Crippen LogP contribution < -0.4 is 10.6 Å². The van der Waals surface area contributed by atoms with E-state index in [1.807, 2.05) is 44.4 Å². The second-order valence-corrected chi connectivity index (χ2v) is 5.17. The highest BCUT2D eigenvalue weighted by Gasteiger charge is 2.17. The molecule has 4 heteroatoms. The third kappa shape index (κ3) is 4.07. The maximum atomic E-state index is 12.7. The van der Waals surface area contributed by atoms with E-state index >= 15 is 0 Å². The van der Waals surface area contributed by atoms with Gasteiger partial charge in [-0.05, 0) is 50.5 Å². The van der Waals surface area contributed by atoms with Crippen molar-refractivity contribution >= 4 is 17.3 Å². The van der Waals surface area contributed by atoms with Crippen molar-refractivity contribution in [2.75, 3.05) is 32.1 Å². The summed E-state index contributed by atoms with van der Waals surface area (Å²) in [6.45, 7) is 1.41. The first-order chi connectivity index (χ1) is 10.1. The van der Waals surface area contributed by atoms with Gasteiger partial charge in [0.1, 0.15) is 0 Å². The Balaban J connectivity index is 2.26. The minimum absolute atomic E-state index is 0.0388. The summed E-state index contributed by atoms with van der Waals surface area (Å²) in [5.41, 5.74) is 9.41. The van der Waals surface area contributed by atoms with Gasteiger partial charge in [0.25, 0.3) is 5.91 Å². The molecule has 2 aromatic rings. The second kappa shape index (κ2) is 6.90. The molecule has 21 heavy (non-hydrogen) atoms. The van der Waals surface area contributed by atoms with Gasteiger partial charge in [-0.25, -0.2) is 0 Å². The first kappa shape index (κ1) is 15.1. The molecule has 0 saturated heterocycles. The molecule has 0 saturated carbocycles. The summed E-state index contributed by atoms with van der Waals surface area (Å²) in [7, 11) is 3.98. The number of likely N-dealkylation sites (N-methyl/N-ethyl adjacent to an activating group) is 1. The molecule has 0 aliphatic heterocycles. The molecule has 2 aromatic carbocycles. The van der Waals surface area contributed by atoms with Crippen molar-refractivity contribution in [1.29, 1.82) is 0 Å². The summed E-state index contributed by atoms with van der Waals surface area (Å²) in [5.74, 6) is -0.0388. The number of carbonyl (C=O) groups excluding carboxylic acids is 1. The van der Waals surface area contributed by atoms with Crippen LogP contribution in [0.5, 0.6) is 0 Å². The fourth-order valence-electron chi connectivity index (χ4n) is 2.02. The molecule has 2 rings (SSSR count). The Kier molecular flexibility index (Phi) is 4.95. The zero-order chi connectivity index (χ0) is 15.2. The fraction of sp³-hybridized carbons (Fsp3) is 0.235. The normalized spacial score (nSPS) is 10.6. The van der Waals surface area contributed by atoms with Crippen LogP contribution in [0.4, 0.5) is 11.4 Å². The smallest absolute Gasteiger partial charge is 0.258 e. The first-order valence-electron chi connectivity index (χ1n) is 6.91. The molecule has 0 bridgehead atoms. The Morgan fingerprint density at radius 3 is 2.14 bits per heavy atom. The number of rotatable bonds is 5. The lowest BCUT2D eigenvalue weighted by molar-refractivity contribution is 0.0985. The lowest BCUT2D eigenvalue weighted by atomic mass is 10.1. The monoisotopic (exact) mass is 282 g/mol. The zero-order valence-corrected chi connectivity index (χ0v) is 12.4. The van der Waals surface area contributed by atoms with Crippen molar-refractivity contribution in [3.63, 3.8) is 0 Å². The number of hydrogen-bond donors (Lipinski definition) is 0. The van der Waals surface area contributed by atoms with E-state index in [1.165, 1.54) is 0 Å². The van der Waals surface area contributed by atoms with Gasteiger partial charge < -0.3 is 15.5 Å². The average Bonchev–Trinajstić information content (AvgIpc) is 2.49. The van der Waals surface area contributed by atoms with Crippen molar-refractivity contribution in [2.24, 2.45) is 0 Å². The Labute approximate surface area is 125 Å². The van der Waals surface area contributed by atoms with Crippen LogP contribution in [-0.4, -0.2) is 38.0 Å². The van der Waals surface area contributed by atoms with Crippen LogP contribution >= 0.6 is 0 Å². The number of benzene rings is 2. The number of anilines is 1. The van der Waals surface area contributed by atoms with E-state index in [0.29, 0.717) is 17.8 Å². The molecular weight excluding hydrogens is 262 g/mol. The van der Waals surface area contributed by atoms with Crippen molar-refractivity contribution in [1.82, 2.24) is 10.6 Å². The summed E-state index contributed by atoms with van der Waals surface area (Å²) < 4.78 is 0. The summed E-state index contributed by atoms with van der Waals surface area (Å²) in [6, 6.07) is 16.4. The van der Waals surface area contributed by atoms with Crippen molar-refractivity contribution in [3.05, 3.63) is 60.2 Å². The van der Waals surface area contributed by atoms with Gasteiger partial charge in [-0.1, -0.05) is 18.2 Å².